The molecule has 1 amide bonds. The van der Waals surface area contributed by atoms with Crippen molar-refractivity contribution in [2.24, 2.45) is 0 Å². The van der Waals surface area contributed by atoms with Crippen LogP contribution in [0.1, 0.15) is 16.1 Å². The number of carbonyl (C=O) groups excluding carboxylic acids is 1. The van der Waals surface area contributed by atoms with Crippen LogP contribution >= 0.6 is 11.3 Å². The number of nitrogen functional groups attached to an aromatic ring is 1. The number of thiazole rings is 1. The Labute approximate surface area is 123 Å². The van der Waals surface area contributed by atoms with Crippen molar-refractivity contribution in [1.29, 1.82) is 0 Å². The van der Waals surface area contributed by atoms with Gasteiger partial charge in [0.2, 0.25) is 0 Å². The van der Waals surface area contributed by atoms with E-state index >= 15 is 0 Å². The Morgan fingerprint density at radius 1 is 1.45 bits per heavy atom. The molecule has 1 aromatic rings. The van der Waals surface area contributed by atoms with E-state index in [-0.39, 0.29) is 11.7 Å². The van der Waals surface area contributed by atoms with Crippen LogP contribution in [-0.2, 0) is 4.74 Å². The minimum atomic E-state index is -0.168. The monoisotopic (exact) mass is 301 g/mol. The molecular weight excluding hydrogens is 278 g/mol. The molecule has 0 aliphatic carbocycles. The lowest BCUT2D eigenvalue weighted by atomic mass is 10.4. The third-order valence-corrected chi connectivity index (χ3v) is 3.54. The van der Waals surface area contributed by atoms with Gasteiger partial charge in [-0.1, -0.05) is 11.3 Å². The van der Waals surface area contributed by atoms with Crippen molar-refractivity contribution in [2.45, 2.75) is 6.42 Å². The normalized spacial score (nSPS) is 10.8. The minimum absolute atomic E-state index is 0.168. The summed E-state index contributed by atoms with van der Waals surface area (Å²) in [5, 5.41) is 6.54. The molecule has 0 spiro atoms. The fraction of sp³-hybridized carbons (Fsp3) is 0.667. The Hall–Kier alpha value is -1.38. The fourth-order valence-electron chi connectivity index (χ4n) is 1.51. The van der Waals surface area contributed by atoms with Gasteiger partial charge in [0.05, 0.1) is 6.61 Å². The molecule has 0 bridgehead atoms. The van der Waals surface area contributed by atoms with Crippen LogP contribution in [0, 0.1) is 0 Å². The van der Waals surface area contributed by atoms with E-state index in [0.717, 1.165) is 13.0 Å². The van der Waals surface area contributed by atoms with Crippen molar-refractivity contribution in [3.63, 3.8) is 0 Å². The first-order valence-electron chi connectivity index (χ1n) is 6.46. The Bertz CT molecular complexity index is 422. The summed E-state index contributed by atoms with van der Waals surface area (Å²) >= 11 is 1.26. The summed E-state index contributed by atoms with van der Waals surface area (Å²) in [5.41, 5.74) is 5.76. The number of ether oxygens (including phenoxy) is 1. The van der Waals surface area contributed by atoms with Crippen LogP contribution in [0.15, 0.2) is 0 Å². The Morgan fingerprint density at radius 2 is 2.20 bits per heavy atom. The molecule has 0 aliphatic rings. The fourth-order valence-corrected chi connectivity index (χ4v) is 2.33. The van der Waals surface area contributed by atoms with Gasteiger partial charge in [0.15, 0.2) is 5.13 Å². The molecule has 0 fully saturated rings. The molecule has 0 aromatic carbocycles. The van der Waals surface area contributed by atoms with E-state index in [2.05, 4.69) is 20.5 Å². The topological polar surface area (TPSA) is 92.5 Å². The smallest absolute Gasteiger partial charge is 0.265 e. The maximum atomic E-state index is 12.0. The lowest BCUT2D eigenvalue weighted by molar-refractivity contribution is 0.0957. The summed E-state index contributed by atoms with van der Waals surface area (Å²) in [6.07, 6.45) is 0.899. The first kappa shape index (κ1) is 16.7. The molecule has 1 heterocycles. The minimum Gasteiger partial charge on any atom is -0.383 e. The van der Waals surface area contributed by atoms with Crippen molar-refractivity contribution in [3.8, 4) is 0 Å². The van der Waals surface area contributed by atoms with Gasteiger partial charge in [-0.3, -0.25) is 4.79 Å². The molecule has 8 heteroatoms. The highest BCUT2D eigenvalue weighted by atomic mass is 32.1. The van der Waals surface area contributed by atoms with Crippen LogP contribution in [0.5, 0.6) is 0 Å². The molecule has 0 saturated carbocycles. The van der Waals surface area contributed by atoms with Crippen LogP contribution in [0.3, 0.4) is 0 Å². The average Bonchev–Trinajstić information content (AvgIpc) is 2.76. The number of amides is 1. The van der Waals surface area contributed by atoms with E-state index in [1.54, 1.807) is 7.11 Å². The molecule has 20 heavy (non-hydrogen) atoms. The van der Waals surface area contributed by atoms with Gasteiger partial charge in [-0.2, -0.15) is 0 Å². The largest absolute Gasteiger partial charge is 0.383 e. The van der Waals surface area contributed by atoms with Gasteiger partial charge >= 0.3 is 0 Å². The molecule has 7 nitrogen and oxygen atoms in total. The van der Waals surface area contributed by atoms with Crippen molar-refractivity contribution in [2.75, 3.05) is 58.5 Å². The number of hydrogen-bond donors (Lipinski definition) is 3. The molecular formula is C12H23N5O2S. The number of methoxy groups -OCH3 is 1. The Morgan fingerprint density at radius 3 is 2.85 bits per heavy atom. The quantitative estimate of drug-likeness (QED) is 0.574. The number of carbonyl (C=O) groups is 1. The second-order valence-corrected chi connectivity index (χ2v) is 5.56. The van der Waals surface area contributed by atoms with Crippen molar-refractivity contribution in [3.05, 3.63) is 4.88 Å². The second kappa shape index (κ2) is 8.72. The van der Waals surface area contributed by atoms with E-state index in [1.165, 1.54) is 11.3 Å². The predicted molar refractivity (Wildman–Crippen MR) is 82.4 cm³/mol. The number of nitrogens with one attached hydrogen (secondary N) is 2. The van der Waals surface area contributed by atoms with E-state index in [9.17, 15) is 4.79 Å². The highest BCUT2D eigenvalue weighted by Crippen LogP contribution is 2.24. The average molecular weight is 301 g/mol. The van der Waals surface area contributed by atoms with E-state index in [1.807, 2.05) is 14.1 Å². The Kier molecular flexibility index (Phi) is 7.27. The zero-order chi connectivity index (χ0) is 15.0. The van der Waals surface area contributed by atoms with Gasteiger partial charge in [-0.15, -0.1) is 0 Å². The number of aromatic nitrogens is 1. The maximum absolute atomic E-state index is 12.0. The summed E-state index contributed by atoms with van der Waals surface area (Å²) in [6.45, 7) is 2.77. The van der Waals surface area contributed by atoms with Gasteiger partial charge < -0.3 is 26.0 Å². The maximum Gasteiger partial charge on any atom is 0.265 e. The van der Waals surface area contributed by atoms with Crippen molar-refractivity contribution in [1.82, 2.24) is 15.2 Å². The predicted octanol–water partition coefficient (Wildman–Crippen LogP) is 0.465. The zero-order valence-corrected chi connectivity index (χ0v) is 13.0. The molecule has 4 N–H and O–H groups in total. The summed E-state index contributed by atoms with van der Waals surface area (Å²) < 4.78 is 4.93. The van der Waals surface area contributed by atoms with Gasteiger partial charge in [0.25, 0.3) is 5.91 Å². The summed E-state index contributed by atoms with van der Waals surface area (Å²) in [5.74, 6) is 0.0959. The third kappa shape index (κ3) is 5.72. The highest BCUT2D eigenvalue weighted by Gasteiger charge is 2.15. The first-order valence-corrected chi connectivity index (χ1v) is 7.28. The van der Waals surface area contributed by atoms with E-state index in [4.69, 9.17) is 10.5 Å². The molecule has 0 atom stereocenters. The van der Waals surface area contributed by atoms with Crippen molar-refractivity contribution >= 4 is 28.2 Å². The first-order chi connectivity index (χ1) is 9.54. The lowest BCUT2D eigenvalue weighted by Crippen LogP contribution is -2.27. The SMILES string of the molecule is COCCNc1nc(N)c(C(=O)NCCCN(C)C)s1. The Balaban J connectivity index is 2.43. The summed E-state index contributed by atoms with van der Waals surface area (Å²) in [4.78, 5) is 18.6. The second-order valence-electron chi connectivity index (χ2n) is 4.57. The molecule has 0 aliphatic heterocycles. The highest BCUT2D eigenvalue weighted by molar-refractivity contribution is 7.18. The van der Waals surface area contributed by atoms with Crippen LogP contribution in [0.2, 0.25) is 0 Å². The summed E-state index contributed by atoms with van der Waals surface area (Å²) in [6, 6.07) is 0. The van der Waals surface area contributed by atoms with Crippen LogP contribution in [0.4, 0.5) is 10.9 Å². The van der Waals surface area contributed by atoms with E-state index < -0.39 is 0 Å². The van der Waals surface area contributed by atoms with Crippen molar-refractivity contribution < 1.29 is 9.53 Å². The lowest BCUT2D eigenvalue weighted by Gasteiger charge is -2.09. The van der Waals surface area contributed by atoms with Crippen LogP contribution < -0.4 is 16.4 Å². The number of anilines is 2. The van der Waals surface area contributed by atoms with E-state index in [0.29, 0.717) is 29.7 Å². The molecule has 1 aromatic heterocycles. The van der Waals surface area contributed by atoms with Gasteiger partial charge in [0, 0.05) is 20.2 Å². The number of rotatable bonds is 9. The van der Waals surface area contributed by atoms with Gasteiger partial charge in [-0.25, -0.2) is 4.98 Å². The number of nitrogens with two attached hydrogens (primary N) is 1. The number of hydrogen-bond acceptors (Lipinski definition) is 7. The van der Waals surface area contributed by atoms with Gasteiger partial charge in [-0.05, 0) is 27.1 Å². The third-order valence-electron chi connectivity index (χ3n) is 2.51. The van der Waals surface area contributed by atoms with Crippen LogP contribution in [-0.4, -0.2) is 63.2 Å². The summed E-state index contributed by atoms with van der Waals surface area (Å²) in [7, 11) is 5.63. The standard InChI is InChI=1S/C12H23N5O2S/c1-17(2)7-4-5-14-11(18)9-10(13)16-12(20-9)15-6-8-19-3/h4-8,13H2,1-3H3,(H,14,18)(H,15,16). The molecule has 114 valence electrons. The zero-order valence-electron chi connectivity index (χ0n) is 12.2. The van der Waals surface area contributed by atoms with Crippen LogP contribution in [0.25, 0.3) is 0 Å². The van der Waals surface area contributed by atoms with Gasteiger partial charge in [0.1, 0.15) is 10.7 Å². The molecule has 0 radical (unpaired) electrons. The molecule has 0 saturated heterocycles. The molecule has 0 unspecified atom stereocenters. The number of nitrogens with zero attached hydrogens (tertiary/aromatic N) is 2. The molecule has 1 rings (SSSR count).